The fourth-order valence-electron chi connectivity index (χ4n) is 2.08. The van der Waals surface area contributed by atoms with Crippen molar-refractivity contribution in [3.05, 3.63) is 23.4 Å². The van der Waals surface area contributed by atoms with Crippen LogP contribution in [0, 0.1) is 0 Å². The zero-order valence-electron chi connectivity index (χ0n) is 12.4. The normalized spacial score (nSPS) is 14.2. The van der Waals surface area contributed by atoms with Gasteiger partial charge in [-0.3, -0.25) is 0 Å². The minimum absolute atomic E-state index is 0.134. The number of rotatable bonds is 10. The number of aromatic nitrogens is 1. The quantitative estimate of drug-likeness (QED) is 0.510. The molecule has 0 aliphatic heterocycles. The largest absolute Gasteiger partial charge is 0.394 e. The lowest BCUT2D eigenvalue weighted by Gasteiger charge is -2.32. The van der Waals surface area contributed by atoms with E-state index in [0.29, 0.717) is 5.02 Å². The summed E-state index contributed by atoms with van der Waals surface area (Å²) in [6, 6.07) is 3.71. The summed E-state index contributed by atoms with van der Waals surface area (Å²) in [6.07, 6.45) is 5.79. The Kier molecular flexibility index (Phi) is 8.53. The molecule has 1 heterocycles. The molecule has 1 atom stereocenters. The second kappa shape index (κ2) is 9.61. The van der Waals surface area contributed by atoms with Gasteiger partial charge in [0, 0.05) is 11.7 Å². The van der Waals surface area contributed by atoms with Crippen LogP contribution in [0.3, 0.4) is 0 Å². The van der Waals surface area contributed by atoms with Crippen LogP contribution in [0.4, 0.5) is 0 Å². The van der Waals surface area contributed by atoms with Crippen molar-refractivity contribution >= 4 is 23.4 Å². The number of hydrogen-bond donors (Lipinski definition) is 2. The zero-order valence-corrected chi connectivity index (χ0v) is 13.9. The molecule has 1 unspecified atom stereocenters. The van der Waals surface area contributed by atoms with E-state index in [-0.39, 0.29) is 12.1 Å². The topological polar surface area (TPSA) is 45.1 Å². The van der Waals surface area contributed by atoms with Crippen molar-refractivity contribution in [2.45, 2.75) is 50.1 Å². The van der Waals surface area contributed by atoms with Crippen molar-refractivity contribution in [1.29, 1.82) is 0 Å². The van der Waals surface area contributed by atoms with E-state index in [1.54, 1.807) is 18.0 Å². The van der Waals surface area contributed by atoms with Crippen LogP contribution in [0.2, 0.25) is 5.02 Å². The van der Waals surface area contributed by atoms with Gasteiger partial charge in [0.1, 0.15) is 5.03 Å². The van der Waals surface area contributed by atoms with Crippen molar-refractivity contribution in [1.82, 2.24) is 10.3 Å². The van der Waals surface area contributed by atoms with Crippen LogP contribution < -0.4 is 5.32 Å². The van der Waals surface area contributed by atoms with Gasteiger partial charge in [0.05, 0.1) is 11.6 Å². The van der Waals surface area contributed by atoms with Gasteiger partial charge in [-0.15, -0.1) is 11.8 Å². The average molecular weight is 317 g/mol. The van der Waals surface area contributed by atoms with Crippen LogP contribution in [0.5, 0.6) is 0 Å². The Morgan fingerprint density at radius 1 is 1.45 bits per heavy atom. The molecule has 0 saturated heterocycles. The summed E-state index contributed by atoms with van der Waals surface area (Å²) in [5.74, 6) is 0.965. The Morgan fingerprint density at radius 2 is 2.25 bits per heavy atom. The molecule has 0 bridgehead atoms. The molecule has 20 heavy (non-hydrogen) atoms. The molecule has 0 saturated carbocycles. The number of thioether (sulfide) groups is 1. The van der Waals surface area contributed by atoms with Crippen molar-refractivity contribution in [2.24, 2.45) is 0 Å². The Balaban J connectivity index is 2.39. The summed E-state index contributed by atoms with van der Waals surface area (Å²) < 4.78 is 0. The SMILES string of the molecule is CCCNC(CC)(CO)CCCSc1ncccc1Cl. The van der Waals surface area contributed by atoms with Crippen molar-refractivity contribution in [3.8, 4) is 0 Å². The summed E-state index contributed by atoms with van der Waals surface area (Å²) in [7, 11) is 0. The van der Waals surface area contributed by atoms with E-state index < -0.39 is 0 Å². The Hall–Kier alpha value is -0.290. The lowest BCUT2D eigenvalue weighted by atomic mass is 9.91. The van der Waals surface area contributed by atoms with Gasteiger partial charge in [-0.05, 0) is 50.1 Å². The predicted octanol–water partition coefficient (Wildman–Crippen LogP) is 3.75. The van der Waals surface area contributed by atoms with Gasteiger partial charge < -0.3 is 10.4 Å². The first-order valence-electron chi connectivity index (χ1n) is 7.26. The van der Waals surface area contributed by atoms with Crippen LogP contribution in [-0.4, -0.2) is 34.5 Å². The fourth-order valence-corrected chi connectivity index (χ4v) is 3.19. The summed E-state index contributed by atoms with van der Waals surface area (Å²) in [4.78, 5) is 4.27. The molecule has 5 heteroatoms. The van der Waals surface area contributed by atoms with E-state index in [1.807, 2.05) is 12.1 Å². The summed E-state index contributed by atoms with van der Waals surface area (Å²) >= 11 is 7.76. The molecule has 0 aliphatic rings. The molecule has 1 aromatic rings. The number of pyridine rings is 1. The first kappa shape index (κ1) is 17.8. The smallest absolute Gasteiger partial charge is 0.115 e. The molecule has 114 valence electrons. The molecule has 0 aliphatic carbocycles. The summed E-state index contributed by atoms with van der Waals surface area (Å²) in [5.41, 5.74) is -0.134. The molecule has 2 N–H and O–H groups in total. The first-order chi connectivity index (χ1) is 9.67. The molecule has 1 aromatic heterocycles. The second-order valence-corrected chi connectivity index (χ2v) is 6.45. The Bertz CT molecular complexity index is 386. The lowest BCUT2D eigenvalue weighted by Crippen LogP contribution is -2.48. The third-order valence-electron chi connectivity index (χ3n) is 3.49. The van der Waals surface area contributed by atoms with E-state index in [0.717, 1.165) is 43.0 Å². The second-order valence-electron chi connectivity index (χ2n) is 4.96. The lowest BCUT2D eigenvalue weighted by molar-refractivity contribution is 0.146. The molecule has 0 amide bonds. The van der Waals surface area contributed by atoms with Crippen LogP contribution in [-0.2, 0) is 0 Å². The van der Waals surface area contributed by atoms with Gasteiger partial charge in [-0.25, -0.2) is 4.98 Å². The number of nitrogens with one attached hydrogen (secondary N) is 1. The van der Waals surface area contributed by atoms with Gasteiger partial charge in [-0.1, -0.05) is 25.4 Å². The molecule has 0 aromatic carbocycles. The Labute approximate surface area is 131 Å². The van der Waals surface area contributed by atoms with E-state index >= 15 is 0 Å². The van der Waals surface area contributed by atoms with Crippen LogP contribution in [0.1, 0.15) is 39.5 Å². The third kappa shape index (κ3) is 5.60. The molecular weight excluding hydrogens is 292 g/mol. The minimum Gasteiger partial charge on any atom is -0.394 e. The van der Waals surface area contributed by atoms with Crippen LogP contribution in [0.25, 0.3) is 0 Å². The number of halogens is 1. The van der Waals surface area contributed by atoms with Gasteiger partial charge in [0.2, 0.25) is 0 Å². The number of hydrogen-bond acceptors (Lipinski definition) is 4. The molecular formula is C15H25ClN2OS. The zero-order chi connectivity index (χ0) is 14.8. The summed E-state index contributed by atoms with van der Waals surface area (Å²) in [5, 5.41) is 14.8. The van der Waals surface area contributed by atoms with Crippen LogP contribution in [0.15, 0.2) is 23.4 Å². The van der Waals surface area contributed by atoms with E-state index in [9.17, 15) is 5.11 Å². The van der Waals surface area contributed by atoms with Crippen LogP contribution >= 0.6 is 23.4 Å². The third-order valence-corrected chi connectivity index (χ3v) is 5.00. The standard InChI is InChI=1S/C15H25ClN2OS/c1-3-9-18-15(4-2,12-19)8-6-11-20-14-13(16)7-5-10-17-14/h5,7,10,18-19H,3-4,6,8-9,11-12H2,1-2H3. The summed E-state index contributed by atoms with van der Waals surface area (Å²) in [6.45, 7) is 5.41. The van der Waals surface area contributed by atoms with E-state index in [1.165, 1.54) is 0 Å². The number of nitrogens with zero attached hydrogens (tertiary/aromatic N) is 1. The van der Waals surface area contributed by atoms with E-state index in [2.05, 4.69) is 24.1 Å². The highest BCUT2D eigenvalue weighted by molar-refractivity contribution is 7.99. The number of aliphatic hydroxyl groups excluding tert-OH is 1. The highest BCUT2D eigenvalue weighted by atomic mass is 35.5. The molecule has 3 nitrogen and oxygen atoms in total. The van der Waals surface area contributed by atoms with Crippen molar-refractivity contribution in [2.75, 3.05) is 18.9 Å². The van der Waals surface area contributed by atoms with Gasteiger partial charge in [0.25, 0.3) is 0 Å². The fraction of sp³-hybridized carbons (Fsp3) is 0.667. The molecule has 0 spiro atoms. The Morgan fingerprint density at radius 3 is 2.85 bits per heavy atom. The highest BCUT2D eigenvalue weighted by Crippen LogP contribution is 2.26. The van der Waals surface area contributed by atoms with Gasteiger partial charge >= 0.3 is 0 Å². The monoisotopic (exact) mass is 316 g/mol. The van der Waals surface area contributed by atoms with Gasteiger partial charge in [0.15, 0.2) is 0 Å². The number of aliphatic hydroxyl groups is 1. The average Bonchev–Trinajstić information content (AvgIpc) is 2.49. The van der Waals surface area contributed by atoms with E-state index in [4.69, 9.17) is 11.6 Å². The first-order valence-corrected chi connectivity index (χ1v) is 8.63. The van der Waals surface area contributed by atoms with Gasteiger partial charge in [-0.2, -0.15) is 0 Å². The maximum absolute atomic E-state index is 9.66. The maximum atomic E-state index is 9.66. The van der Waals surface area contributed by atoms with Crippen molar-refractivity contribution in [3.63, 3.8) is 0 Å². The maximum Gasteiger partial charge on any atom is 0.115 e. The molecule has 0 radical (unpaired) electrons. The minimum atomic E-state index is -0.134. The molecule has 1 rings (SSSR count). The molecule has 0 fully saturated rings. The highest BCUT2D eigenvalue weighted by Gasteiger charge is 2.25. The van der Waals surface area contributed by atoms with Crippen molar-refractivity contribution < 1.29 is 5.11 Å². The predicted molar refractivity (Wildman–Crippen MR) is 87.6 cm³/mol.